The summed E-state index contributed by atoms with van der Waals surface area (Å²) in [5.74, 6) is -2.51. The summed E-state index contributed by atoms with van der Waals surface area (Å²) in [5.41, 5.74) is -0.437. The molecule has 0 aliphatic carbocycles. The van der Waals surface area contributed by atoms with Crippen LogP contribution in [0.2, 0.25) is 5.02 Å². The number of furan rings is 1. The van der Waals surface area contributed by atoms with Crippen molar-refractivity contribution in [1.29, 1.82) is 0 Å². The van der Waals surface area contributed by atoms with Crippen LogP contribution >= 0.6 is 11.6 Å². The number of hydrogen-bond acceptors (Lipinski definition) is 11. The zero-order valence-electron chi connectivity index (χ0n) is 16.5. The Hall–Kier alpha value is -2.72. The molecule has 1 saturated heterocycles. The number of aliphatic hydroxyl groups excluding tert-OH is 3. The average molecular weight is 507 g/mol. The molecule has 0 radical (unpaired) electrons. The lowest BCUT2D eigenvalue weighted by molar-refractivity contribution is -0.278. The Morgan fingerprint density at radius 2 is 1.88 bits per heavy atom. The van der Waals surface area contributed by atoms with Crippen molar-refractivity contribution in [2.24, 2.45) is 5.14 Å². The number of nitrogens with one attached hydrogen (secondary N) is 1. The van der Waals surface area contributed by atoms with Gasteiger partial charge in [0.1, 0.15) is 29.0 Å². The van der Waals surface area contributed by atoms with Gasteiger partial charge in [0.05, 0.1) is 29.1 Å². The van der Waals surface area contributed by atoms with Crippen molar-refractivity contribution in [3.05, 3.63) is 46.9 Å². The van der Waals surface area contributed by atoms with Crippen molar-refractivity contribution in [2.45, 2.75) is 42.1 Å². The monoisotopic (exact) mass is 506 g/mol. The molecule has 0 unspecified atom stereocenters. The highest BCUT2D eigenvalue weighted by Gasteiger charge is 2.48. The van der Waals surface area contributed by atoms with E-state index in [4.69, 9.17) is 35.7 Å². The maximum Gasteiger partial charge on any atom is 0.342 e. The largest absolute Gasteiger partial charge is 0.479 e. The third kappa shape index (κ3) is 5.44. The third-order valence-corrected chi connectivity index (χ3v) is 6.04. The molecule has 0 bridgehead atoms. The molecule has 1 aromatic heterocycles. The van der Waals surface area contributed by atoms with E-state index in [1.807, 2.05) is 0 Å². The Morgan fingerprint density at radius 1 is 1.18 bits per heavy atom. The first-order valence-electron chi connectivity index (χ1n) is 9.16. The fourth-order valence-electron chi connectivity index (χ4n) is 3.00. The van der Waals surface area contributed by atoms with Crippen LogP contribution in [-0.4, -0.2) is 71.5 Å². The maximum atomic E-state index is 12.8. The molecule has 180 valence electrons. The SMILES string of the molecule is NS(=O)(=O)c1cc(C(=O)O[C@@H]2O[C@H](C(=O)O)[C@@H](O)[C@H](O)[C@H]2O)c(NCc2ccco2)cc1Cl. The maximum absolute atomic E-state index is 12.8. The van der Waals surface area contributed by atoms with E-state index in [-0.39, 0.29) is 17.3 Å². The summed E-state index contributed by atoms with van der Waals surface area (Å²) >= 11 is 5.99. The van der Waals surface area contributed by atoms with Crippen molar-refractivity contribution in [3.63, 3.8) is 0 Å². The number of benzene rings is 1. The number of aliphatic hydroxyl groups is 3. The normalized spacial score (nSPS) is 25.4. The summed E-state index contributed by atoms with van der Waals surface area (Å²) in [6.45, 7) is 0.0485. The molecule has 2 aromatic rings. The van der Waals surface area contributed by atoms with Gasteiger partial charge in [-0.3, -0.25) is 0 Å². The van der Waals surface area contributed by atoms with E-state index < -0.39 is 63.1 Å². The Balaban J connectivity index is 1.93. The Morgan fingerprint density at radius 3 is 2.45 bits per heavy atom. The summed E-state index contributed by atoms with van der Waals surface area (Å²) in [7, 11) is -4.36. The molecule has 1 fully saturated rings. The van der Waals surface area contributed by atoms with Crippen molar-refractivity contribution in [2.75, 3.05) is 5.32 Å². The minimum absolute atomic E-state index is 0.0190. The van der Waals surface area contributed by atoms with Crippen LogP contribution in [0.5, 0.6) is 0 Å². The molecule has 5 atom stereocenters. The van der Waals surface area contributed by atoms with Gasteiger partial charge in [-0.2, -0.15) is 0 Å². The standard InChI is InChI=1S/C18H19ClN2O11S/c19-9-5-10(21-6-7-2-1-3-30-7)8(4-11(9)33(20,28)29)17(27)32-18-14(24)12(22)13(23)15(31-18)16(25)26/h1-5,12-15,18,21-24H,6H2,(H,25,26)(H2,20,28,29)/t12-,13-,14+,15-,18-/m0/s1. The number of esters is 1. The number of carboxylic acid groups (broad SMARTS) is 1. The lowest BCUT2D eigenvalue weighted by Crippen LogP contribution is -2.60. The molecule has 3 rings (SSSR count). The molecule has 33 heavy (non-hydrogen) atoms. The van der Waals surface area contributed by atoms with Crippen LogP contribution < -0.4 is 10.5 Å². The summed E-state index contributed by atoms with van der Waals surface area (Å²) in [5, 5.41) is 46.4. The quantitative estimate of drug-likeness (QED) is 0.255. The van der Waals surface area contributed by atoms with Crippen LogP contribution in [0.1, 0.15) is 16.1 Å². The first-order chi connectivity index (χ1) is 15.4. The summed E-state index contributed by atoms with van der Waals surface area (Å²) in [6, 6.07) is 5.15. The first kappa shape index (κ1) is 24.9. The van der Waals surface area contributed by atoms with Gasteiger partial charge in [-0.25, -0.2) is 23.1 Å². The second kappa shape index (κ2) is 9.64. The number of halogens is 1. The van der Waals surface area contributed by atoms with Crippen molar-refractivity contribution < 1.29 is 52.3 Å². The highest BCUT2D eigenvalue weighted by Crippen LogP contribution is 2.31. The fraction of sp³-hybridized carbons (Fsp3) is 0.333. The highest BCUT2D eigenvalue weighted by atomic mass is 35.5. The molecule has 1 aliphatic rings. The Labute approximate surface area is 191 Å². The number of primary sulfonamides is 1. The van der Waals surface area contributed by atoms with E-state index in [1.165, 1.54) is 6.26 Å². The van der Waals surface area contributed by atoms with Crippen molar-refractivity contribution >= 4 is 39.3 Å². The highest BCUT2D eigenvalue weighted by molar-refractivity contribution is 7.89. The zero-order chi connectivity index (χ0) is 24.5. The van der Waals surface area contributed by atoms with Gasteiger partial charge in [0.25, 0.3) is 0 Å². The van der Waals surface area contributed by atoms with Crippen molar-refractivity contribution in [1.82, 2.24) is 0 Å². The number of ether oxygens (including phenoxy) is 2. The van der Waals surface area contributed by atoms with Crippen LogP contribution in [0.3, 0.4) is 0 Å². The molecule has 15 heteroatoms. The van der Waals surface area contributed by atoms with E-state index in [0.717, 1.165) is 12.1 Å². The molecular weight excluding hydrogens is 488 g/mol. The molecular formula is C18H19ClN2O11S. The second-order valence-corrected chi connectivity index (χ2v) is 8.88. The zero-order valence-corrected chi connectivity index (χ0v) is 18.1. The van der Waals surface area contributed by atoms with Crippen LogP contribution in [0.25, 0.3) is 0 Å². The smallest absolute Gasteiger partial charge is 0.342 e. The van der Waals surface area contributed by atoms with Gasteiger partial charge in [0.2, 0.25) is 16.3 Å². The van der Waals surface area contributed by atoms with E-state index in [1.54, 1.807) is 12.1 Å². The number of sulfonamides is 1. The Bertz CT molecular complexity index is 1140. The van der Waals surface area contributed by atoms with Gasteiger partial charge in [-0.15, -0.1) is 0 Å². The summed E-state index contributed by atoms with van der Waals surface area (Å²) in [4.78, 5) is 23.5. The number of nitrogens with two attached hydrogens (primary N) is 1. The van der Waals surface area contributed by atoms with Crippen LogP contribution in [0.15, 0.2) is 39.8 Å². The van der Waals surface area contributed by atoms with E-state index in [0.29, 0.717) is 5.76 Å². The van der Waals surface area contributed by atoms with Crippen LogP contribution in [0, 0.1) is 0 Å². The third-order valence-electron chi connectivity index (χ3n) is 4.67. The molecule has 0 amide bonds. The number of rotatable bonds is 7. The van der Waals surface area contributed by atoms with E-state index in [2.05, 4.69) is 5.32 Å². The number of anilines is 1. The topological polar surface area (TPSA) is 219 Å². The fourth-order valence-corrected chi connectivity index (χ4v) is 4.10. The van der Waals surface area contributed by atoms with Gasteiger partial charge in [-0.1, -0.05) is 11.6 Å². The van der Waals surface area contributed by atoms with Crippen LogP contribution in [0.4, 0.5) is 5.69 Å². The molecule has 0 spiro atoms. The summed E-state index contributed by atoms with van der Waals surface area (Å²) < 4.78 is 38.7. The molecule has 1 aromatic carbocycles. The predicted octanol–water partition coefficient (Wildman–Crippen LogP) is -0.758. The minimum Gasteiger partial charge on any atom is -0.479 e. The molecule has 13 nitrogen and oxygen atoms in total. The number of carbonyl (C=O) groups is 2. The number of aliphatic carboxylic acids is 1. The molecule has 0 saturated carbocycles. The van der Waals surface area contributed by atoms with Crippen molar-refractivity contribution in [3.8, 4) is 0 Å². The average Bonchev–Trinajstić information content (AvgIpc) is 3.25. The molecule has 7 N–H and O–H groups in total. The van der Waals surface area contributed by atoms with E-state index in [9.17, 15) is 33.3 Å². The van der Waals surface area contributed by atoms with Gasteiger partial charge in [0.15, 0.2) is 6.10 Å². The van der Waals surface area contributed by atoms with Gasteiger partial charge in [0, 0.05) is 0 Å². The van der Waals surface area contributed by atoms with Gasteiger partial charge < -0.3 is 39.6 Å². The van der Waals surface area contributed by atoms with Crippen LogP contribution in [-0.2, 0) is 30.8 Å². The first-order valence-corrected chi connectivity index (χ1v) is 11.1. The second-order valence-electron chi connectivity index (χ2n) is 6.95. The lowest BCUT2D eigenvalue weighted by Gasteiger charge is -2.38. The number of carbonyl (C=O) groups excluding carboxylic acids is 1. The molecule has 2 heterocycles. The lowest BCUT2D eigenvalue weighted by atomic mass is 9.99. The Kier molecular flexibility index (Phi) is 7.28. The predicted molar refractivity (Wildman–Crippen MR) is 109 cm³/mol. The summed E-state index contributed by atoms with van der Waals surface area (Å²) in [6.07, 6.45) is -8.64. The number of carboxylic acids is 1. The van der Waals surface area contributed by atoms with Gasteiger partial charge in [-0.05, 0) is 24.3 Å². The number of hydrogen-bond donors (Lipinski definition) is 6. The minimum atomic E-state index is -4.36. The van der Waals surface area contributed by atoms with Gasteiger partial charge >= 0.3 is 11.9 Å². The van der Waals surface area contributed by atoms with E-state index >= 15 is 0 Å². The molecule has 1 aliphatic heterocycles.